The van der Waals surface area contributed by atoms with Gasteiger partial charge < -0.3 is 16.2 Å². The van der Waals surface area contributed by atoms with Gasteiger partial charge in [0.05, 0.1) is 20.7 Å². The minimum Gasteiger partial charge on any atom is -0.478 e. The first-order valence-electron chi connectivity index (χ1n) is 5.43. The smallest absolute Gasteiger partial charge is 0.337 e. The monoisotopic (exact) mass is 358 g/mol. The van der Waals surface area contributed by atoms with Crippen molar-refractivity contribution in [2.24, 2.45) is 0 Å². The zero-order chi connectivity index (χ0) is 14.9. The fourth-order valence-electron chi connectivity index (χ4n) is 1.64. The normalized spacial score (nSPS) is 10.3. The number of nitrogen functional groups attached to an aromatic ring is 1. The van der Waals surface area contributed by atoms with E-state index in [0.29, 0.717) is 5.69 Å². The fourth-order valence-corrected chi connectivity index (χ4v) is 2.30. The van der Waals surface area contributed by atoms with Crippen LogP contribution in [0.5, 0.6) is 0 Å². The standard InChI is InChI=1S/C13H9BrClFN2O2/c14-9-5-7(1-2-11(9)16)18-12-8(13(19)20)3-6(17)4-10(12)15/h1-5,18H,17H2,(H,19,20). The van der Waals surface area contributed by atoms with Crippen LogP contribution in [0.25, 0.3) is 0 Å². The molecule has 0 radical (unpaired) electrons. The average Bonchev–Trinajstić information content (AvgIpc) is 2.36. The highest BCUT2D eigenvalue weighted by molar-refractivity contribution is 9.10. The van der Waals surface area contributed by atoms with Gasteiger partial charge in [0.2, 0.25) is 0 Å². The van der Waals surface area contributed by atoms with E-state index in [1.807, 2.05) is 0 Å². The zero-order valence-corrected chi connectivity index (χ0v) is 12.3. The number of carboxylic acids is 1. The molecule has 20 heavy (non-hydrogen) atoms. The summed E-state index contributed by atoms with van der Waals surface area (Å²) >= 11 is 9.06. The highest BCUT2D eigenvalue weighted by Crippen LogP contribution is 2.32. The predicted molar refractivity (Wildman–Crippen MR) is 80.2 cm³/mol. The molecular formula is C13H9BrClFN2O2. The van der Waals surface area contributed by atoms with E-state index in [0.717, 1.165) is 0 Å². The Morgan fingerprint density at radius 1 is 1.35 bits per heavy atom. The first kappa shape index (κ1) is 14.6. The Kier molecular flexibility index (Phi) is 4.15. The summed E-state index contributed by atoms with van der Waals surface area (Å²) in [7, 11) is 0. The molecule has 0 fully saturated rings. The molecule has 0 amide bonds. The van der Waals surface area contributed by atoms with Gasteiger partial charge in [-0.15, -0.1) is 0 Å². The largest absolute Gasteiger partial charge is 0.478 e. The molecule has 4 nitrogen and oxygen atoms in total. The molecule has 0 aliphatic rings. The van der Waals surface area contributed by atoms with Crippen LogP contribution in [0.4, 0.5) is 21.5 Å². The second-order valence-corrected chi connectivity index (χ2v) is 5.25. The molecule has 0 spiro atoms. The fraction of sp³-hybridized carbons (Fsp3) is 0. The molecule has 0 saturated carbocycles. The highest BCUT2D eigenvalue weighted by atomic mass is 79.9. The number of nitrogens with two attached hydrogens (primary N) is 1. The predicted octanol–water partition coefficient (Wildman–Crippen LogP) is 4.27. The van der Waals surface area contributed by atoms with E-state index in [2.05, 4.69) is 21.2 Å². The quantitative estimate of drug-likeness (QED) is 0.716. The summed E-state index contributed by atoms with van der Waals surface area (Å²) in [6.45, 7) is 0. The van der Waals surface area contributed by atoms with E-state index in [9.17, 15) is 9.18 Å². The Morgan fingerprint density at radius 2 is 2.05 bits per heavy atom. The van der Waals surface area contributed by atoms with Crippen molar-refractivity contribution in [1.29, 1.82) is 0 Å². The molecule has 104 valence electrons. The van der Waals surface area contributed by atoms with E-state index in [1.54, 1.807) is 0 Å². The van der Waals surface area contributed by atoms with Crippen LogP contribution in [-0.2, 0) is 0 Å². The van der Waals surface area contributed by atoms with E-state index in [-0.39, 0.29) is 26.4 Å². The van der Waals surface area contributed by atoms with Gasteiger partial charge in [-0.25, -0.2) is 9.18 Å². The molecule has 7 heteroatoms. The van der Waals surface area contributed by atoms with Crippen LogP contribution in [0.1, 0.15) is 10.4 Å². The molecule has 2 rings (SSSR count). The Morgan fingerprint density at radius 3 is 2.65 bits per heavy atom. The molecular weight excluding hydrogens is 351 g/mol. The Labute approximate surface area is 127 Å². The van der Waals surface area contributed by atoms with Crippen LogP contribution in [0.15, 0.2) is 34.8 Å². The van der Waals surface area contributed by atoms with Crippen LogP contribution in [0.3, 0.4) is 0 Å². The van der Waals surface area contributed by atoms with E-state index in [4.69, 9.17) is 22.4 Å². The number of rotatable bonds is 3. The van der Waals surface area contributed by atoms with Gasteiger partial charge in [0.25, 0.3) is 0 Å². The lowest BCUT2D eigenvalue weighted by molar-refractivity contribution is 0.0698. The number of carbonyl (C=O) groups is 1. The summed E-state index contributed by atoms with van der Waals surface area (Å²) in [6, 6.07) is 6.94. The third-order valence-corrected chi connectivity index (χ3v) is 3.44. The summed E-state index contributed by atoms with van der Waals surface area (Å²) in [4.78, 5) is 11.2. The van der Waals surface area contributed by atoms with E-state index in [1.165, 1.54) is 30.3 Å². The van der Waals surface area contributed by atoms with Gasteiger partial charge >= 0.3 is 5.97 Å². The Balaban J connectivity index is 2.47. The second kappa shape index (κ2) is 5.68. The summed E-state index contributed by atoms with van der Waals surface area (Å²) < 4.78 is 13.4. The zero-order valence-electron chi connectivity index (χ0n) is 9.95. The van der Waals surface area contributed by atoms with Gasteiger partial charge in [0.15, 0.2) is 0 Å². The summed E-state index contributed by atoms with van der Waals surface area (Å²) in [5, 5.41) is 12.2. The van der Waals surface area contributed by atoms with Crippen LogP contribution >= 0.6 is 27.5 Å². The van der Waals surface area contributed by atoms with Crippen molar-refractivity contribution < 1.29 is 14.3 Å². The number of anilines is 3. The van der Waals surface area contributed by atoms with Gasteiger partial charge in [-0.05, 0) is 46.3 Å². The number of carboxylic acid groups (broad SMARTS) is 1. The van der Waals surface area contributed by atoms with Crippen molar-refractivity contribution >= 4 is 50.6 Å². The van der Waals surface area contributed by atoms with Crippen LogP contribution < -0.4 is 11.1 Å². The van der Waals surface area contributed by atoms with Gasteiger partial charge in [-0.2, -0.15) is 0 Å². The topological polar surface area (TPSA) is 75.3 Å². The molecule has 0 heterocycles. The lowest BCUT2D eigenvalue weighted by atomic mass is 10.1. The molecule has 4 N–H and O–H groups in total. The molecule has 0 bridgehead atoms. The van der Waals surface area contributed by atoms with Gasteiger partial charge in [-0.1, -0.05) is 11.6 Å². The number of benzene rings is 2. The minimum atomic E-state index is -1.16. The molecule has 0 unspecified atom stereocenters. The summed E-state index contributed by atoms with van der Waals surface area (Å²) in [6.07, 6.45) is 0. The minimum absolute atomic E-state index is 0.0598. The lowest BCUT2D eigenvalue weighted by Crippen LogP contribution is -2.05. The number of hydrogen-bond acceptors (Lipinski definition) is 3. The van der Waals surface area contributed by atoms with Crippen molar-refractivity contribution in [3.05, 3.63) is 51.2 Å². The third kappa shape index (κ3) is 3.02. The molecule has 2 aromatic carbocycles. The van der Waals surface area contributed by atoms with Crippen LogP contribution in [0.2, 0.25) is 5.02 Å². The van der Waals surface area contributed by atoms with Crippen LogP contribution in [0, 0.1) is 5.82 Å². The molecule has 2 aromatic rings. The lowest BCUT2D eigenvalue weighted by Gasteiger charge is -2.13. The van der Waals surface area contributed by atoms with Gasteiger partial charge in [0, 0.05) is 11.4 Å². The van der Waals surface area contributed by atoms with Gasteiger partial charge in [-0.3, -0.25) is 0 Å². The number of aromatic carboxylic acids is 1. The van der Waals surface area contributed by atoms with Crippen molar-refractivity contribution in [1.82, 2.24) is 0 Å². The van der Waals surface area contributed by atoms with E-state index >= 15 is 0 Å². The first-order chi connectivity index (χ1) is 9.38. The molecule has 0 saturated heterocycles. The molecule has 0 atom stereocenters. The maximum Gasteiger partial charge on any atom is 0.337 e. The maximum absolute atomic E-state index is 13.2. The number of halogens is 3. The number of hydrogen-bond donors (Lipinski definition) is 3. The van der Waals surface area contributed by atoms with Crippen molar-refractivity contribution in [2.45, 2.75) is 0 Å². The number of nitrogens with one attached hydrogen (secondary N) is 1. The van der Waals surface area contributed by atoms with Crippen molar-refractivity contribution in [2.75, 3.05) is 11.1 Å². The molecule has 0 aliphatic carbocycles. The Bertz CT molecular complexity index is 694. The van der Waals surface area contributed by atoms with Crippen LogP contribution in [-0.4, -0.2) is 11.1 Å². The van der Waals surface area contributed by atoms with E-state index < -0.39 is 11.8 Å². The SMILES string of the molecule is Nc1cc(Cl)c(Nc2ccc(F)c(Br)c2)c(C(=O)O)c1. The average molecular weight is 360 g/mol. The van der Waals surface area contributed by atoms with Crippen molar-refractivity contribution in [3.8, 4) is 0 Å². The maximum atomic E-state index is 13.2. The third-order valence-electron chi connectivity index (χ3n) is 2.53. The summed E-state index contributed by atoms with van der Waals surface area (Å²) in [5.74, 6) is -1.58. The molecule has 0 aromatic heterocycles. The van der Waals surface area contributed by atoms with Crippen molar-refractivity contribution in [3.63, 3.8) is 0 Å². The molecule has 0 aliphatic heterocycles. The Hall–Kier alpha value is -1.79. The summed E-state index contributed by atoms with van der Waals surface area (Å²) in [5.41, 5.74) is 6.45. The first-order valence-corrected chi connectivity index (χ1v) is 6.60. The van der Waals surface area contributed by atoms with Gasteiger partial charge in [0.1, 0.15) is 5.82 Å². The second-order valence-electron chi connectivity index (χ2n) is 3.98. The highest BCUT2D eigenvalue weighted by Gasteiger charge is 2.15.